The SMILES string of the molecule is CCOC(=O)c1ncoc1CC1(CC(=O)O)CCCCC1. The van der Waals surface area contributed by atoms with Gasteiger partial charge in [-0.05, 0) is 25.2 Å². The second-order valence-electron chi connectivity index (χ2n) is 5.65. The maximum Gasteiger partial charge on any atom is 0.360 e. The number of aliphatic carboxylic acids is 1. The van der Waals surface area contributed by atoms with Gasteiger partial charge < -0.3 is 14.3 Å². The number of carbonyl (C=O) groups is 2. The van der Waals surface area contributed by atoms with E-state index in [4.69, 9.17) is 9.15 Å². The van der Waals surface area contributed by atoms with Gasteiger partial charge in [-0.15, -0.1) is 0 Å². The third-order valence-corrected chi connectivity index (χ3v) is 4.09. The Balaban J connectivity index is 2.19. The van der Waals surface area contributed by atoms with Gasteiger partial charge in [0.25, 0.3) is 0 Å². The van der Waals surface area contributed by atoms with E-state index in [1.807, 2.05) is 0 Å². The predicted octanol–water partition coefficient (Wildman–Crippen LogP) is 2.82. The molecule has 0 bridgehead atoms. The Morgan fingerprint density at radius 1 is 1.38 bits per heavy atom. The smallest absolute Gasteiger partial charge is 0.360 e. The van der Waals surface area contributed by atoms with E-state index in [0.29, 0.717) is 12.2 Å². The zero-order valence-electron chi connectivity index (χ0n) is 12.3. The van der Waals surface area contributed by atoms with Crippen molar-refractivity contribution in [1.29, 1.82) is 0 Å². The number of carboxylic acids is 1. The van der Waals surface area contributed by atoms with Gasteiger partial charge in [-0.2, -0.15) is 0 Å². The Morgan fingerprint density at radius 3 is 2.71 bits per heavy atom. The number of aromatic nitrogens is 1. The summed E-state index contributed by atoms with van der Waals surface area (Å²) < 4.78 is 10.3. The van der Waals surface area contributed by atoms with Crippen LogP contribution in [0.1, 0.15) is 61.7 Å². The average Bonchev–Trinajstić information content (AvgIpc) is 2.87. The van der Waals surface area contributed by atoms with Crippen molar-refractivity contribution in [3.63, 3.8) is 0 Å². The van der Waals surface area contributed by atoms with Gasteiger partial charge >= 0.3 is 11.9 Å². The summed E-state index contributed by atoms with van der Waals surface area (Å²) in [5, 5.41) is 9.18. The van der Waals surface area contributed by atoms with E-state index in [9.17, 15) is 14.7 Å². The first kappa shape index (κ1) is 15.5. The van der Waals surface area contributed by atoms with Gasteiger partial charge in [0.2, 0.25) is 0 Å². The van der Waals surface area contributed by atoms with E-state index >= 15 is 0 Å². The number of carboxylic acid groups (broad SMARTS) is 1. The number of ether oxygens (including phenoxy) is 1. The Bertz CT molecular complexity index is 502. The third kappa shape index (κ3) is 3.83. The molecule has 0 atom stereocenters. The molecule has 1 aromatic heterocycles. The van der Waals surface area contributed by atoms with Crippen molar-refractivity contribution in [3.8, 4) is 0 Å². The topological polar surface area (TPSA) is 89.6 Å². The van der Waals surface area contributed by atoms with Crippen LogP contribution in [0.4, 0.5) is 0 Å². The van der Waals surface area contributed by atoms with E-state index in [1.54, 1.807) is 6.92 Å². The molecule has 6 nitrogen and oxygen atoms in total. The largest absolute Gasteiger partial charge is 0.481 e. The molecule has 1 aliphatic carbocycles. The highest BCUT2D eigenvalue weighted by Gasteiger charge is 2.37. The number of hydrogen-bond acceptors (Lipinski definition) is 5. The molecule has 0 radical (unpaired) electrons. The minimum absolute atomic E-state index is 0.0932. The van der Waals surface area contributed by atoms with Crippen molar-refractivity contribution in [1.82, 2.24) is 4.98 Å². The van der Waals surface area contributed by atoms with Gasteiger partial charge in [0, 0.05) is 6.42 Å². The molecule has 0 aliphatic heterocycles. The molecule has 0 saturated heterocycles. The van der Waals surface area contributed by atoms with E-state index in [-0.39, 0.29) is 24.1 Å². The molecule has 6 heteroatoms. The van der Waals surface area contributed by atoms with Gasteiger partial charge in [-0.25, -0.2) is 9.78 Å². The van der Waals surface area contributed by atoms with Crippen molar-refractivity contribution in [2.24, 2.45) is 5.41 Å². The summed E-state index contributed by atoms with van der Waals surface area (Å²) in [6, 6.07) is 0. The molecule has 0 spiro atoms. The summed E-state index contributed by atoms with van der Waals surface area (Å²) in [7, 11) is 0. The number of hydrogen-bond donors (Lipinski definition) is 1. The molecule has 0 unspecified atom stereocenters. The molecule has 1 N–H and O–H groups in total. The van der Waals surface area contributed by atoms with Crippen LogP contribution in [0.2, 0.25) is 0 Å². The van der Waals surface area contributed by atoms with Crippen LogP contribution in [-0.4, -0.2) is 28.6 Å². The van der Waals surface area contributed by atoms with Crippen molar-refractivity contribution in [2.75, 3.05) is 6.61 Å². The van der Waals surface area contributed by atoms with E-state index < -0.39 is 11.9 Å². The molecular weight excluding hydrogens is 274 g/mol. The Labute approximate surface area is 123 Å². The minimum Gasteiger partial charge on any atom is -0.481 e. The van der Waals surface area contributed by atoms with Crippen molar-refractivity contribution in [2.45, 2.75) is 51.9 Å². The fourth-order valence-electron chi connectivity index (χ4n) is 3.14. The quantitative estimate of drug-likeness (QED) is 0.812. The fourth-order valence-corrected chi connectivity index (χ4v) is 3.14. The molecular formula is C15H21NO5. The second-order valence-corrected chi connectivity index (χ2v) is 5.65. The van der Waals surface area contributed by atoms with Crippen LogP contribution in [0.15, 0.2) is 10.8 Å². The number of nitrogens with zero attached hydrogens (tertiary/aromatic N) is 1. The molecule has 1 heterocycles. The molecule has 1 fully saturated rings. The lowest BCUT2D eigenvalue weighted by molar-refractivity contribution is -0.140. The normalized spacial score (nSPS) is 17.4. The summed E-state index contributed by atoms with van der Waals surface area (Å²) in [6.45, 7) is 2.00. The van der Waals surface area contributed by atoms with Crippen LogP contribution in [0, 0.1) is 5.41 Å². The Hall–Kier alpha value is -1.85. The van der Waals surface area contributed by atoms with Crippen LogP contribution >= 0.6 is 0 Å². The summed E-state index contributed by atoms with van der Waals surface area (Å²) in [4.78, 5) is 26.9. The van der Waals surface area contributed by atoms with E-state index in [0.717, 1.165) is 32.1 Å². The van der Waals surface area contributed by atoms with E-state index in [2.05, 4.69) is 4.98 Å². The van der Waals surface area contributed by atoms with Crippen molar-refractivity contribution < 1.29 is 23.8 Å². The third-order valence-electron chi connectivity index (χ3n) is 4.09. The first-order valence-corrected chi connectivity index (χ1v) is 7.37. The van der Waals surface area contributed by atoms with Crippen LogP contribution < -0.4 is 0 Å². The van der Waals surface area contributed by atoms with Gasteiger partial charge in [0.15, 0.2) is 12.1 Å². The van der Waals surface area contributed by atoms with Crippen LogP contribution in [0.3, 0.4) is 0 Å². The molecule has 21 heavy (non-hydrogen) atoms. The Kier molecular flexibility index (Phi) is 4.98. The first-order valence-electron chi connectivity index (χ1n) is 7.37. The standard InChI is InChI=1S/C15H21NO5/c1-2-20-14(19)13-11(21-10-16-13)8-15(9-12(17)18)6-4-3-5-7-15/h10H,2-9H2,1H3,(H,17,18). The highest BCUT2D eigenvalue weighted by atomic mass is 16.5. The monoisotopic (exact) mass is 295 g/mol. The first-order chi connectivity index (χ1) is 10.1. The number of carbonyl (C=O) groups excluding carboxylic acids is 1. The van der Waals surface area contributed by atoms with Crippen molar-refractivity contribution in [3.05, 3.63) is 17.8 Å². The van der Waals surface area contributed by atoms with Gasteiger partial charge in [0.1, 0.15) is 5.76 Å². The second kappa shape index (κ2) is 6.74. The van der Waals surface area contributed by atoms with Crippen LogP contribution in [0.25, 0.3) is 0 Å². The Morgan fingerprint density at radius 2 is 2.10 bits per heavy atom. The lowest BCUT2D eigenvalue weighted by atomic mass is 9.69. The number of oxazole rings is 1. The van der Waals surface area contributed by atoms with Gasteiger partial charge in [-0.3, -0.25) is 4.79 Å². The molecule has 1 aromatic rings. The van der Waals surface area contributed by atoms with Crippen LogP contribution in [0.5, 0.6) is 0 Å². The summed E-state index contributed by atoms with van der Waals surface area (Å²) in [6.07, 6.45) is 6.56. The van der Waals surface area contributed by atoms with E-state index in [1.165, 1.54) is 6.39 Å². The van der Waals surface area contributed by atoms with Gasteiger partial charge in [-0.1, -0.05) is 19.3 Å². The maximum atomic E-state index is 11.8. The average molecular weight is 295 g/mol. The molecule has 0 aromatic carbocycles. The number of rotatable bonds is 6. The van der Waals surface area contributed by atoms with Crippen LogP contribution in [-0.2, 0) is 16.0 Å². The minimum atomic E-state index is -0.811. The predicted molar refractivity (Wildman–Crippen MR) is 73.9 cm³/mol. The molecule has 1 saturated carbocycles. The van der Waals surface area contributed by atoms with Crippen molar-refractivity contribution >= 4 is 11.9 Å². The zero-order chi connectivity index (χ0) is 15.3. The molecule has 1 aliphatic rings. The van der Waals surface area contributed by atoms with Gasteiger partial charge in [0.05, 0.1) is 13.0 Å². The zero-order valence-corrected chi connectivity index (χ0v) is 12.3. The summed E-state index contributed by atoms with van der Waals surface area (Å²) >= 11 is 0. The molecule has 2 rings (SSSR count). The lowest BCUT2D eigenvalue weighted by Gasteiger charge is -2.35. The number of esters is 1. The lowest BCUT2D eigenvalue weighted by Crippen LogP contribution is -2.30. The highest BCUT2D eigenvalue weighted by Crippen LogP contribution is 2.42. The summed E-state index contributed by atoms with van der Waals surface area (Å²) in [5.74, 6) is -0.881. The fraction of sp³-hybridized carbons (Fsp3) is 0.667. The molecule has 0 amide bonds. The summed E-state index contributed by atoms with van der Waals surface area (Å²) in [5.41, 5.74) is -0.169. The maximum absolute atomic E-state index is 11.8. The highest BCUT2D eigenvalue weighted by molar-refractivity contribution is 5.88. The molecule has 116 valence electrons.